The highest BCUT2D eigenvalue weighted by Gasteiger charge is 2.04. The Labute approximate surface area is 99.3 Å². The van der Waals surface area contributed by atoms with Crippen molar-refractivity contribution in [2.75, 3.05) is 11.9 Å². The number of hydrogen-bond donors (Lipinski definition) is 3. The maximum absolute atomic E-state index is 9.10. The molecule has 1 rings (SSSR count). The number of aromatic nitrogens is 1. The van der Waals surface area contributed by atoms with E-state index in [1.54, 1.807) is 6.20 Å². The predicted molar refractivity (Wildman–Crippen MR) is 62.8 cm³/mol. The maximum Gasteiger partial charge on any atom is 0.414 e. The van der Waals surface area contributed by atoms with Gasteiger partial charge in [0, 0.05) is 12.7 Å². The van der Waals surface area contributed by atoms with Crippen LogP contribution in [-0.4, -0.2) is 33.7 Å². The lowest BCUT2D eigenvalue weighted by atomic mass is 10.2. The van der Waals surface area contributed by atoms with Crippen LogP contribution in [0.1, 0.15) is 13.8 Å². The zero-order valence-corrected chi connectivity index (χ0v) is 9.75. The van der Waals surface area contributed by atoms with Crippen LogP contribution >= 0.6 is 0 Å². The molecule has 6 nitrogen and oxygen atoms in total. The van der Waals surface area contributed by atoms with Gasteiger partial charge in [0.2, 0.25) is 0 Å². The van der Waals surface area contributed by atoms with Gasteiger partial charge in [0.15, 0.2) is 0 Å². The molecule has 0 radical (unpaired) electrons. The summed E-state index contributed by atoms with van der Waals surface area (Å²) in [6, 6.07) is 5.87. The van der Waals surface area contributed by atoms with Crippen LogP contribution in [0.4, 0.5) is 5.82 Å². The van der Waals surface area contributed by atoms with Crippen LogP contribution in [-0.2, 0) is 9.59 Å². The molecular weight excluding hydrogens is 224 g/mol. The smallest absolute Gasteiger partial charge is 0.414 e. The van der Waals surface area contributed by atoms with E-state index >= 15 is 0 Å². The first-order chi connectivity index (χ1) is 7.93. The minimum atomic E-state index is -1.82. The lowest BCUT2D eigenvalue weighted by molar-refractivity contribution is -0.159. The molecule has 17 heavy (non-hydrogen) atoms. The van der Waals surface area contributed by atoms with Gasteiger partial charge in [0.1, 0.15) is 5.82 Å². The molecule has 6 heteroatoms. The summed E-state index contributed by atoms with van der Waals surface area (Å²) in [6.45, 7) is 5.34. The lowest BCUT2D eigenvalue weighted by Crippen LogP contribution is -2.09. The Hall–Kier alpha value is -2.11. The molecule has 0 aliphatic heterocycles. The molecular formula is C11H16N2O4. The summed E-state index contributed by atoms with van der Waals surface area (Å²) < 4.78 is 0. The highest BCUT2D eigenvalue weighted by atomic mass is 16.4. The van der Waals surface area contributed by atoms with Gasteiger partial charge in [0.05, 0.1) is 0 Å². The van der Waals surface area contributed by atoms with Crippen LogP contribution in [0.15, 0.2) is 24.4 Å². The SMILES string of the molecule is CC(C)CNc1ccccn1.O=C(O)C(=O)O. The quantitative estimate of drug-likeness (QED) is 0.689. The Morgan fingerprint density at radius 2 is 1.88 bits per heavy atom. The number of pyridine rings is 1. The topological polar surface area (TPSA) is 99.5 Å². The third kappa shape index (κ3) is 8.86. The van der Waals surface area contributed by atoms with Crippen molar-refractivity contribution in [1.29, 1.82) is 0 Å². The van der Waals surface area contributed by atoms with E-state index in [4.69, 9.17) is 19.8 Å². The monoisotopic (exact) mass is 240 g/mol. The van der Waals surface area contributed by atoms with Gasteiger partial charge >= 0.3 is 11.9 Å². The van der Waals surface area contributed by atoms with Crippen molar-refractivity contribution in [3.05, 3.63) is 24.4 Å². The molecule has 0 amide bonds. The van der Waals surface area contributed by atoms with Crippen molar-refractivity contribution >= 4 is 17.8 Å². The van der Waals surface area contributed by atoms with Gasteiger partial charge in [-0.2, -0.15) is 0 Å². The molecule has 0 aliphatic rings. The van der Waals surface area contributed by atoms with E-state index < -0.39 is 11.9 Å². The van der Waals surface area contributed by atoms with Crippen LogP contribution in [0.25, 0.3) is 0 Å². The molecule has 1 aromatic heterocycles. The second-order valence-corrected chi connectivity index (χ2v) is 3.60. The molecule has 0 atom stereocenters. The first kappa shape index (κ1) is 14.9. The molecule has 0 aliphatic carbocycles. The molecule has 0 saturated heterocycles. The molecule has 1 heterocycles. The van der Waals surface area contributed by atoms with Gasteiger partial charge in [-0.3, -0.25) is 0 Å². The van der Waals surface area contributed by atoms with Gasteiger partial charge in [-0.05, 0) is 18.1 Å². The lowest BCUT2D eigenvalue weighted by Gasteiger charge is -2.06. The summed E-state index contributed by atoms with van der Waals surface area (Å²) in [4.78, 5) is 22.3. The summed E-state index contributed by atoms with van der Waals surface area (Å²) in [6.07, 6.45) is 1.79. The Morgan fingerprint density at radius 1 is 1.29 bits per heavy atom. The fourth-order valence-corrected chi connectivity index (χ4v) is 0.776. The van der Waals surface area contributed by atoms with Gasteiger partial charge < -0.3 is 15.5 Å². The summed E-state index contributed by atoms with van der Waals surface area (Å²) in [5.74, 6) is -2.02. The molecule has 0 spiro atoms. The average molecular weight is 240 g/mol. The standard InChI is InChI=1S/C9H14N2.C2H2O4/c1-8(2)7-11-9-5-3-4-6-10-9;3-1(4)2(5)6/h3-6,8H,7H2,1-2H3,(H,10,11);(H,3,4)(H,5,6). The van der Waals surface area contributed by atoms with Gasteiger partial charge in [0.25, 0.3) is 0 Å². The summed E-state index contributed by atoms with van der Waals surface area (Å²) in [7, 11) is 0. The molecule has 0 saturated carbocycles. The maximum atomic E-state index is 9.10. The van der Waals surface area contributed by atoms with E-state index in [1.807, 2.05) is 18.2 Å². The predicted octanol–water partition coefficient (Wildman–Crippen LogP) is 1.31. The van der Waals surface area contributed by atoms with Crippen molar-refractivity contribution in [2.24, 2.45) is 5.92 Å². The number of aliphatic carboxylic acids is 2. The summed E-state index contributed by atoms with van der Waals surface area (Å²) in [5, 5.41) is 18.0. The van der Waals surface area contributed by atoms with Gasteiger partial charge in [-0.15, -0.1) is 0 Å². The number of carboxylic acids is 2. The molecule has 0 fully saturated rings. The number of carboxylic acid groups (broad SMARTS) is 2. The van der Waals surface area contributed by atoms with Gasteiger partial charge in [-0.1, -0.05) is 19.9 Å². The molecule has 0 aromatic carbocycles. The minimum Gasteiger partial charge on any atom is -0.473 e. The van der Waals surface area contributed by atoms with Crippen LogP contribution in [0.2, 0.25) is 0 Å². The fraction of sp³-hybridized carbons (Fsp3) is 0.364. The van der Waals surface area contributed by atoms with Crippen molar-refractivity contribution in [3.8, 4) is 0 Å². The Balaban J connectivity index is 0.000000366. The van der Waals surface area contributed by atoms with Crippen molar-refractivity contribution in [3.63, 3.8) is 0 Å². The number of carbonyl (C=O) groups is 2. The first-order valence-electron chi connectivity index (χ1n) is 5.04. The largest absolute Gasteiger partial charge is 0.473 e. The van der Waals surface area contributed by atoms with Crippen molar-refractivity contribution in [1.82, 2.24) is 4.98 Å². The normalized spacial score (nSPS) is 9.12. The second-order valence-electron chi connectivity index (χ2n) is 3.60. The van der Waals surface area contributed by atoms with E-state index in [-0.39, 0.29) is 0 Å². The van der Waals surface area contributed by atoms with E-state index in [1.165, 1.54) is 0 Å². The molecule has 1 aromatic rings. The summed E-state index contributed by atoms with van der Waals surface area (Å²) in [5.41, 5.74) is 0. The fourth-order valence-electron chi connectivity index (χ4n) is 0.776. The first-order valence-corrected chi connectivity index (χ1v) is 5.04. The molecule has 0 bridgehead atoms. The zero-order valence-electron chi connectivity index (χ0n) is 9.75. The molecule has 0 unspecified atom stereocenters. The number of rotatable bonds is 3. The van der Waals surface area contributed by atoms with Crippen molar-refractivity contribution in [2.45, 2.75) is 13.8 Å². The van der Waals surface area contributed by atoms with E-state index in [2.05, 4.69) is 24.1 Å². The third-order valence-electron chi connectivity index (χ3n) is 1.54. The van der Waals surface area contributed by atoms with Crippen LogP contribution in [0, 0.1) is 5.92 Å². The number of nitrogens with zero attached hydrogens (tertiary/aromatic N) is 1. The van der Waals surface area contributed by atoms with Crippen LogP contribution < -0.4 is 5.32 Å². The Kier molecular flexibility index (Phi) is 7.09. The van der Waals surface area contributed by atoms with Crippen molar-refractivity contribution < 1.29 is 19.8 Å². The number of nitrogens with one attached hydrogen (secondary N) is 1. The van der Waals surface area contributed by atoms with Crippen LogP contribution in [0.3, 0.4) is 0 Å². The number of anilines is 1. The number of hydrogen-bond acceptors (Lipinski definition) is 4. The molecule has 94 valence electrons. The molecule has 3 N–H and O–H groups in total. The van der Waals surface area contributed by atoms with E-state index in [0.29, 0.717) is 5.92 Å². The van der Waals surface area contributed by atoms with Gasteiger partial charge in [-0.25, -0.2) is 14.6 Å². The van der Waals surface area contributed by atoms with E-state index in [9.17, 15) is 0 Å². The minimum absolute atomic E-state index is 0.664. The van der Waals surface area contributed by atoms with Crippen LogP contribution in [0.5, 0.6) is 0 Å². The highest BCUT2D eigenvalue weighted by molar-refractivity contribution is 6.27. The zero-order chi connectivity index (χ0) is 13.3. The summed E-state index contributed by atoms with van der Waals surface area (Å²) >= 11 is 0. The van der Waals surface area contributed by atoms with E-state index in [0.717, 1.165) is 12.4 Å². The highest BCUT2D eigenvalue weighted by Crippen LogP contribution is 2.01. The Morgan fingerprint density at radius 3 is 2.24 bits per heavy atom. The Bertz CT molecular complexity index is 340. The second kappa shape index (κ2) is 8.09. The average Bonchev–Trinajstić information content (AvgIpc) is 2.28. The third-order valence-corrected chi connectivity index (χ3v) is 1.54.